The maximum Gasteiger partial charge on any atom is 0.309 e. The number of cyclic esters (lactones) is 1. The molecule has 0 aromatic carbocycles. The van der Waals surface area contributed by atoms with E-state index in [2.05, 4.69) is 0 Å². The van der Waals surface area contributed by atoms with E-state index in [1.54, 1.807) is 0 Å². The second-order valence-electron chi connectivity index (χ2n) is 3.37. The minimum Gasteiger partial charge on any atom is -0.465 e. The Morgan fingerprint density at radius 3 is 2.91 bits per heavy atom. The fourth-order valence-electron chi connectivity index (χ4n) is 2.14. The number of hydrogen-bond acceptors (Lipinski definition) is 3. The van der Waals surface area contributed by atoms with Crippen molar-refractivity contribution in [2.24, 2.45) is 11.8 Å². The number of ether oxygens (including phenoxy) is 1. The topological polar surface area (TPSA) is 46.5 Å². The van der Waals surface area contributed by atoms with Gasteiger partial charge in [-0.05, 0) is 19.3 Å². The molecule has 2 rings (SSSR count). The lowest BCUT2D eigenvalue weighted by Gasteiger charge is -2.25. The van der Waals surface area contributed by atoms with E-state index in [0.717, 1.165) is 19.3 Å². The predicted octanol–water partition coefficient (Wildman–Crippen LogP) is 0.320. The predicted molar refractivity (Wildman–Crippen MR) is 37.8 cm³/mol. The molecule has 1 saturated heterocycles. The van der Waals surface area contributed by atoms with Crippen molar-refractivity contribution in [2.45, 2.75) is 25.4 Å². The third-order valence-electron chi connectivity index (χ3n) is 2.78. The Morgan fingerprint density at radius 2 is 2.18 bits per heavy atom. The zero-order chi connectivity index (χ0) is 7.84. The molecule has 3 nitrogen and oxygen atoms in total. The molecule has 0 bridgehead atoms. The van der Waals surface area contributed by atoms with Gasteiger partial charge in [0.1, 0.15) is 0 Å². The smallest absolute Gasteiger partial charge is 0.309 e. The summed E-state index contributed by atoms with van der Waals surface area (Å²) in [4.78, 5) is 11.1. The molecule has 2 fully saturated rings. The maximum atomic E-state index is 11.1. The van der Waals surface area contributed by atoms with Crippen molar-refractivity contribution in [3.63, 3.8) is 0 Å². The number of esters is 1. The van der Waals surface area contributed by atoms with Crippen LogP contribution in [0.2, 0.25) is 0 Å². The van der Waals surface area contributed by atoms with Crippen molar-refractivity contribution in [3.8, 4) is 0 Å². The van der Waals surface area contributed by atoms with Gasteiger partial charge in [0.25, 0.3) is 0 Å². The maximum absolute atomic E-state index is 11.1. The SMILES string of the molecule is O=C1OCCC2C(O)CCC12. The fourth-order valence-corrected chi connectivity index (χ4v) is 2.14. The third kappa shape index (κ3) is 1.03. The van der Waals surface area contributed by atoms with Crippen molar-refractivity contribution >= 4 is 5.97 Å². The number of rotatable bonds is 0. The first kappa shape index (κ1) is 7.10. The highest BCUT2D eigenvalue weighted by atomic mass is 16.5. The molecule has 0 spiro atoms. The lowest BCUT2D eigenvalue weighted by Crippen LogP contribution is -2.32. The fraction of sp³-hybridized carbons (Fsp3) is 0.875. The van der Waals surface area contributed by atoms with Crippen LogP contribution in [0.15, 0.2) is 0 Å². The molecule has 0 radical (unpaired) electrons. The van der Waals surface area contributed by atoms with Gasteiger partial charge < -0.3 is 9.84 Å². The molecule has 1 saturated carbocycles. The highest BCUT2D eigenvalue weighted by molar-refractivity contribution is 5.74. The Kier molecular flexibility index (Phi) is 1.60. The summed E-state index contributed by atoms with van der Waals surface area (Å²) < 4.78 is 4.89. The third-order valence-corrected chi connectivity index (χ3v) is 2.78. The van der Waals surface area contributed by atoms with Crippen LogP contribution in [0.5, 0.6) is 0 Å². The summed E-state index contributed by atoms with van der Waals surface area (Å²) >= 11 is 0. The zero-order valence-corrected chi connectivity index (χ0v) is 6.32. The Balaban J connectivity index is 2.13. The summed E-state index contributed by atoms with van der Waals surface area (Å²) in [6.07, 6.45) is 2.17. The lowest BCUT2D eigenvalue weighted by molar-refractivity contribution is -0.156. The van der Waals surface area contributed by atoms with Crippen LogP contribution in [0.4, 0.5) is 0 Å². The van der Waals surface area contributed by atoms with Crippen LogP contribution >= 0.6 is 0 Å². The Bertz CT molecular complexity index is 178. The number of hydrogen-bond donors (Lipinski definition) is 1. The van der Waals surface area contributed by atoms with Gasteiger partial charge in [0.2, 0.25) is 0 Å². The number of carbonyl (C=O) groups excluding carboxylic acids is 1. The molecule has 1 heterocycles. The molecule has 0 aromatic heterocycles. The van der Waals surface area contributed by atoms with E-state index in [1.165, 1.54) is 0 Å². The minimum atomic E-state index is -0.257. The standard InChI is InChI=1S/C8H12O3/c9-7-2-1-6-5(7)3-4-11-8(6)10/h5-7,9H,1-4H2. The Labute approximate surface area is 65.4 Å². The van der Waals surface area contributed by atoms with Gasteiger partial charge in [0.05, 0.1) is 18.6 Å². The summed E-state index contributed by atoms with van der Waals surface area (Å²) in [5, 5.41) is 9.43. The van der Waals surface area contributed by atoms with Crippen LogP contribution in [-0.2, 0) is 9.53 Å². The molecular formula is C8H12O3. The molecule has 11 heavy (non-hydrogen) atoms. The van der Waals surface area contributed by atoms with Crippen LogP contribution in [0, 0.1) is 11.8 Å². The van der Waals surface area contributed by atoms with Gasteiger partial charge in [-0.3, -0.25) is 4.79 Å². The van der Waals surface area contributed by atoms with Crippen molar-refractivity contribution in [1.82, 2.24) is 0 Å². The molecule has 1 aliphatic heterocycles. The van der Waals surface area contributed by atoms with E-state index in [1.807, 2.05) is 0 Å². The summed E-state index contributed by atoms with van der Waals surface area (Å²) in [6, 6.07) is 0. The van der Waals surface area contributed by atoms with Gasteiger partial charge >= 0.3 is 5.97 Å². The van der Waals surface area contributed by atoms with Crippen molar-refractivity contribution in [1.29, 1.82) is 0 Å². The lowest BCUT2D eigenvalue weighted by atomic mass is 9.90. The Morgan fingerprint density at radius 1 is 1.36 bits per heavy atom. The van der Waals surface area contributed by atoms with E-state index < -0.39 is 0 Å². The van der Waals surface area contributed by atoms with Crippen LogP contribution in [0.25, 0.3) is 0 Å². The quantitative estimate of drug-likeness (QED) is 0.514. The number of aliphatic hydroxyl groups is 1. The highest BCUT2D eigenvalue weighted by Crippen LogP contribution is 2.37. The van der Waals surface area contributed by atoms with E-state index >= 15 is 0 Å². The second-order valence-corrected chi connectivity index (χ2v) is 3.37. The number of carbonyl (C=O) groups is 1. The normalized spacial score (nSPS) is 43.4. The first-order chi connectivity index (χ1) is 5.29. The minimum absolute atomic E-state index is 0.00116. The summed E-state index contributed by atoms with van der Waals surface area (Å²) in [5.74, 6) is 0.0906. The summed E-state index contributed by atoms with van der Waals surface area (Å²) in [5.41, 5.74) is 0. The molecule has 0 aromatic rings. The molecular weight excluding hydrogens is 144 g/mol. The average Bonchev–Trinajstić information content (AvgIpc) is 2.35. The van der Waals surface area contributed by atoms with E-state index in [0.29, 0.717) is 6.61 Å². The molecule has 3 atom stereocenters. The highest BCUT2D eigenvalue weighted by Gasteiger charge is 2.42. The van der Waals surface area contributed by atoms with E-state index in [-0.39, 0.29) is 23.9 Å². The zero-order valence-electron chi connectivity index (χ0n) is 6.32. The summed E-state index contributed by atoms with van der Waals surface area (Å²) in [7, 11) is 0. The van der Waals surface area contributed by atoms with Crippen LogP contribution in [0.1, 0.15) is 19.3 Å². The Hall–Kier alpha value is -0.570. The van der Waals surface area contributed by atoms with Crippen molar-refractivity contribution < 1.29 is 14.6 Å². The molecule has 1 aliphatic carbocycles. The molecule has 62 valence electrons. The molecule has 1 N–H and O–H groups in total. The monoisotopic (exact) mass is 156 g/mol. The van der Waals surface area contributed by atoms with E-state index in [9.17, 15) is 9.90 Å². The molecule has 3 heteroatoms. The number of aliphatic hydroxyl groups excluding tert-OH is 1. The van der Waals surface area contributed by atoms with Gasteiger partial charge in [-0.15, -0.1) is 0 Å². The van der Waals surface area contributed by atoms with Gasteiger partial charge in [-0.1, -0.05) is 0 Å². The van der Waals surface area contributed by atoms with Crippen LogP contribution in [0.3, 0.4) is 0 Å². The van der Waals surface area contributed by atoms with Crippen molar-refractivity contribution in [3.05, 3.63) is 0 Å². The van der Waals surface area contributed by atoms with Crippen molar-refractivity contribution in [2.75, 3.05) is 6.61 Å². The van der Waals surface area contributed by atoms with E-state index in [4.69, 9.17) is 4.74 Å². The first-order valence-electron chi connectivity index (χ1n) is 4.14. The van der Waals surface area contributed by atoms with Gasteiger partial charge in [0, 0.05) is 5.92 Å². The second kappa shape index (κ2) is 2.48. The average molecular weight is 156 g/mol. The van der Waals surface area contributed by atoms with Crippen LogP contribution < -0.4 is 0 Å². The molecule has 3 unspecified atom stereocenters. The van der Waals surface area contributed by atoms with Gasteiger partial charge in [-0.2, -0.15) is 0 Å². The molecule has 2 aliphatic rings. The molecule has 0 amide bonds. The largest absolute Gasteiger partial charge is 0.465 e. The van der Waals surface area contributed by atoms with Gasteiger partial charge in [-0.25, -0.2) is 0 Å². The first-order valence-corrected chi connectivity index (χ1v) is 4.14. The van der Waals surface area contributed by atoms with Gasteiger partial charge in [0.15, 0.2) is 0 Å². The number of fused-ring (bicyclic) bond motifs is 1. The summed E-state index contributed by atoms with van der Waals surface area (Å²) in [6.45, 7) is 0.497. The van der Waals surface area contributed by atoms with Crippen LogP contribution in [-0.4, -0.2) is 23.8 Å².